The number of hydrogen-bond donors (Lipinski definition) is 0. The van der Waals surface area contributed by atoms with Gasteiger partial charge in [0.15, 0.2) is 0 Å². The lowest BCUT2D eigenvalue weighted by Crippen LogP contribution is -1.93. The number of hydrogen-bond acceptors (Lipinski definition) is 0. The Morgan fingerprint density at radius 2 is 1.09 bits per heavy atom. The van der Waals surface area contributed by atoms with E-state index in [0.29, 0.717) is 0 Å². The molecule has 2 heterocycles. The SMILES string of the molecule is Cn1c2cc3ccccc3cc2c2cc3c4c5ccccc5ccc4n(-c4ccccc4)c3cc21. The summed E-state index contributed by atoms with van der Waals surface area (Å²) in [5, 5.41) is 10.4. The third-order valence-corrected chi connectivity index (χ3v) is 7.66. The zero-order chi connectivity index (χ0) is 23.1. The van der Waals surface area contributed by atoms with Crippen LogP contribution in [0.5, 0.6) is 0 Å². The topological polar surface area (TPSA) is 9.86 Å². The molecule has 0 atom stereocenters. The van der Waals surface area contributed by atoms with Crippen LogP contribution in [0.15, 0.2) is 115 Å². The van der Waals surface area contributed by atoms with Gasteiger partial charge in [-0.2, -0.15) is 0 Å². The van der Waals surface area contributed by atoms with Gasteiger partial charge in [-0.15, -0.1) is 0 Å². The fourth-order valence-corrected chi connectivity index (χ4v) is 6.02. The summed E-state index contributed by atoms with van der Waals surface area (Å²) < 4.78 is 4.77. The average Bonchev–Trinajstić information content (AvgIpc) is 3.38. The first-order valence-corrected chi connectivity index (χ1v) is 12.1. The normalized spacial score (nSPS) is 12.1. The fraction of sp³-hybridized carbons (Fsp3) is 0.0303. The molecular weight excluding hydrogens is 424 g/mol. The number of aryl methyl sites for hydroxylation is 1. The maximum atomic E-state index is 2.43. The van der Waals surface area contributed by atoms with E-state index in [4.69, 9.17) is 0 Å². The standard InChI is InChI=1S/C33H22N2/c1-34-30-18-23-11-6-5-10-22(23)17-26(30)27-19-28-32(20-31(27)34)35(24-12-3-2-4-13-24)29-16-15-21-9-7-8-14-25(21)33(28)29/h2-20H,1H3. The van der Waals surface area contributed by atoms with Crippen LogP contribution in [-0.2, 0) is 7.05 Å². The third kappa shape index (κ3) is 2.49. The quantitative estimate of drug-likeness (QED) is 0.239. The molecule has 35 heavy (non-hydrogen) atoms. The Balaban J connectivity index is 1.63. The minimum atomic E-state index is 1.19. The second-order valence-corrected chi connectivity index (χ2v) is 9.51. The number of rotatable bonds is 1. The molecule has 0 aliphatic rings. The summed E-state index contributed by atoms with van der Waals surface area (Å²) in [6.07, 6.45) is 0. The molecule has 0 radical (unpaired) electrons. The van der Waals surface area contributed by atoms with Crippen LogP contribution in [0.2, 0.25) is 0 Å². The van der Waals surface area contributed by atoms with Crippen LogP contribution in [0.4, 0.5) is 0 Å². The van der Waals surface area contributed by atoms with Crippen molar-refractivity contribution in [2.45, 2.75) is 0 Å². The van der Waals surface area contributed by atoms with E-state index >= 15 is 0 Å². The Morgan fingerprint density at radius 3 is 1.91 bits per heavy atom. The second kappa shape index (κ2) is 6.74. The predicted molar refractivity (Wildman–Crippen MR) is 150 cm³/mol. The van der Waals surface area contributed by atoms with Crippen molar-refractivity contribution in [2.24, 2.45) is 7.05 Å². The molecule has 2 nitrogen and oxygen atoms in total. The Morgan fingerprint density at radius 1 is 0.429 bits per heavy atom. The average molecular weight is 447 g/mol. The van der Waals surface area contributed by atoms with Crippen LogP contribution in [0.3, 0.4) is 0 Å². The van der Waals surface area contributed by atoms with Gasteiger partial charge in [0, 0.05) is 39.8 Å². The largest absolute Gasteiger partial charge is 0.344 e. The van der Waals surface area contributed by atoms with Gasteiger partial charge < -0.3 is 9.13 Å². The molecule has 6 aromatic carbocycles. The highest BCUT2D eigenvalue weighted by molar-refractivity contribution is 6.25. The summed E-state index contributed by atoms with van der Waals surface area (Å²) in [5.41, 5.74) is 6.20. The molecule has 0 saturated carbocycles. The van der Waals surface area contributed by atoms with Crippen molar-refractivity contribution in [2.75, 3.05) is 0 Å². The van der Waals surface area contributed by atoms with E-state index in [-0.39, 0.29) is 0 Å². The summed E-state index contributed by atoms with van der Waals surface area (Å²) in [7, 11) is 2.19. The van der Waals surface area contributed by atoms with E-state index in [9.17, 15) is 0 Å². The summed E-state index contributed by atoms with van der Waals surface area (Å²) >= 11 is 0. The lowest BCUT2D eigenvalue weighted by atomic mass is 10.0. The molecule has 0 unspecified atom stereocenters. The summed E-state index contributed by atoms with van der Waals surface area (Å²) in [4.78, 5) is 0. The van der Waals surface area contributed by atoms with E-state index in [0.717, 1.165) is 0 Å². The lowest BCUT2D eigenvalue weighted by Gasteiger charge is -2.08. The van der Waals surface area contributed by atoms with Gasteiger partial charge in [-0.1, -0.05) is 72.8 Å². The minimum Gasteiger partial charge on any atom is -0.344 e. The Bertz CT molecular complexity index is 2110. The zero-order valence-electron chi connectivity index (χ0n) is 19.4. The van der Waals surface area contributed by atoms with Crippen molar-refractivity contribution < 1.29 is 0 Å². The van der Waals surface area contributed by atoms with Gasteiger partial charge in [0.25, 0.3) is 0 Å². The molecule has 2 heteroatoms. The van der Waals surface area contributed by atoms with Gasteiger partial charge in [-0.25, -0.2) is 0 Å². The zero-order valence-corrected chi connectivity index (χ0v) is 19.4. The smallest absolute Gasteiger partial charge is 0.0562 e. The van der Waals surface area contributed by atoms with Gasteiger partial charge >= 0.3 is 0 Å². The molecule has 0 aliphatic carbocycles. The van der Waals surface area contributed by atoms with E-state index in [1.165, 1.54) is 70.8 Å². The van der Waals surface area contributed by atoms with Crippen molar-refractivity contribution in [1.82, 2.24) is 9.13 Å². The Kier molecular flexibility index (Phi) is 3.62. The molecule has 2 aromatic heterocycles. The molecule has 8 rings (SSSR count). The fourth-order valence-electron chi connectivity index (χ4n) is 6.02. The second-order valence-electron chi connectivity index (χ2n) is 9.51. The molecule has 0 N–H and O–H groups in total. The first kappa shape index (κ1) is 18.8. The monoisotopic (exact) mass is 446 g/mol. The highest BCUT2D eigenvalue weighted by atomic mass is 15.0. The van der Waals surface area contributed by atoms with E-state index < -0.39 is 0 Å². The number of nitrogens with zero attached hydrogens (tertiary/aromatic N) is 2. The van der Waals surface area contributed by atoms with Gasteiger partial charge in [-0.05, 0) is 64.0 Å². The van der Waals surface area contributed by atoms with Crippen molar-refractivity contribution in [1.29, 1.82) is 0 Å². The highest BCUT2D eigenvalue weighted by Gasteiger charge is 2.18. The third-order valence-electron chi connectivity index (χ3n) is 7.66. The first-order valence-electron chi connectivity index (χ1n) is 12.1. The maximum Gasteiger partial charge on any atom is 0.0562 e. The summed E-state index contributed by atoms with van der Waals surface area (Å²) in [5.74, 6) is 0. The van der Waals surface area contributed by atoms with Gasteiger partial charge in [0.2, 0.25) is 0 Å². The van der Waals surface area contributed by atoms with Crippen LogP contribution in [-0.4, -0.2) is 9.13 Å². The van der Waals surface area contributed by atoms with Crippen LogP contribution in [0.25, 0.3) is 70.8 Å². The number of aromatic nitrogens is 2. The number of fused-ring (bicyclic) bond motifs is 9. The lowest BCUT2D eigenvalue weighted by molar-refractivity contribution is 1.01. The minimum absolute atomic E-state index is 1.19. The molecule has 8 aromatic rings. The maximum absolute atomic E-state index is 2.43. The van der Waals surface area contributed by atoms with Gasteiger partial charge in [0.05, 0.1) is 16.6 Å². The van der Waals surface area contributed by atoms with E-state index in [2.05, 4.69) is 131 Å². The van der Waals surface area contributed by atoms with Gasteiger partial charge in [-0.3, -0.25) is 0 Å². The molecule has 0 bridgehead atoms. The number of benzene rings is 6. The van der Waals surface area contributed by atoms with Crippen LogP contribution in [0, 0.1) is 0 Å². The Labute approximate surface area is 202 Å². The number of para-hydroxylation sites is 1. The molecular formula is C33H22N2. The van der Waals surface area contributed by atoms with Gasteiger partial charge in [0.1, 0.15) is 0 Å². The van der Waals surface area contributed by atoms with Crippen molar-refractivity contribution in [3.63, 3.8) is 0 Å². The first-order chi connectivity index (χ1) is 17.3. The molecule has 0 spiro atoms. The highest BCUT2D eigenvalue weighted by Crippen LogP contribution is 2.41. The Hall–Kier alpha value is -4.56. The summed E-state index contributed by atoms with van der Waals surface area (Å²) in [6.45, 7) is 0. The van der Waals surface area contributed by atoms with Crippen LogP contribution < -0.4 is 0 Å². The van der Waals surface area contributed by atoms with Crippen molar-refractivity contribution in [3.8, 4) is 5.69 Å². The molecule has 0 amide bonds. The molecule has 0 fully saturated rings. The van der Waals surface area contributed by atoms with Crippen molar-refractivity contribution in [3.05, 3.63) is 115 Å². The van der Waals surface area contributed by atoms with Crippen molar-refractivity contribution >= 4 is 65.2 Å². The molecule has 0 aliphatic heterocycles. The van der Waals surface area contributed by atoms with Crippen LogP contribution in [0.1, 0.15) is 0 Å². The van der Waals surface area contributed by atoms with E-state index in [1.54, 1.807) is 0 Å². The van der Waals surface area contributed by atoms with Crippen LogP contribution >= 0.6 is 0 Å². The molecule has 164 valence electrons. The summed E-state index contributed by atoms with van der Waals surface area (Å²) in [6, 6.07) is 42.1. The van der Waals surface area contributed by atoms with E-state index in [1.807, 2.05) is 0 Å². The predicted octanol–water partition coefficient (Wildman–Crippen LogP) is 8.74. The molecule has 0 saturated heterocycles.